The van der Waals surface area contributed by atoms with E-state index in [2.05, 4.69) is 97.7 Å². The summed E-state index contributed by atoms with van der Waals surface area (Å²) >= 11 is 0. The molecule has 0 amide bonds. The van der Waals surface area contributed by atoms with Gasteiger partial charge in [0.05, 0.1) is 13.2 Å². The first-order valence-electron chi connectivity index (χ1n) is 20.2. The number of anilines is 2. The third kappa shape index (κ3) is 15.9. The lowest BCUT2D eigenvalue weighted by Gasteiger charge is -2.25. The second-order valence-corrected chi connectivity index (χ2v) is 13.4. The summed E-state index contributed by atoms with van der Waals surface area (Å²) < 4.78 is 12.6. The van der Waals surface area contributed by atoms with E-state index in [0.29, 0.717) is 13.2 Å². The molecular weight excluding hydrogens is 645 g/mol. The monoisotopic (exact) mass is 711 g/mol. The molecule has 0 saturated heterocycles. The fourth-order valence-corrected chi connectivity index (χ4v) is 6.05. The Hall–Kier alpha value is -4.30. The molecule has 8 nitrogen and oxygen atoms in total. The van der Waals surface area contributed by atoms with Crippen LogP contribution in [0.15, 0.2) is 57.8 Å². The lowest BCUT2D eigenvalue weighted by molar-refractivity contribution is 0.304. The number of hydrogen-bond acceptors (Lipinski definition) is 8. The Balaban J connectivity index is 2.43. The van der Waals surface area contributed by atoms with Gasteiger partial charge in [-0.3, -0.25) is 0 Å². The highest BCUT2D eigenvalue weighted by molar-refractivity contribution is 5.87. The average Bonchev–Trinajstić information content (AvgIpc) is 3.16. The molecule has 2 rings (SSSR count). The van der Waals surface area contributed by atoms with E-state index in [1.54, 1.807) is 12.4 Å². The van der Waals surface area contributed by atoms with Gasteiger partial charge in [-0.05, 0) is 62.8 Å². The number of hydrogen-bond donors (Lipinski definition) is 0. The van der Waals surface area contributed by atoms with E-state index >= 15 is 0 Å². The van der Waals surface area contributed by atoms with Crippen molar-refractivity contribution in [2.24, 2.45) is 9.98 Å². The predicted molar refractivity (Wildman–Crippen MR) is 220 cm³/mol. The summed E-state index contributed by atoms with van der Waals surface area (Å²) in [6.07, 6.45) is 18.9. The maximum atomic E-state index is 10.1. The van der Waals surface area contributed by atoms with Gasteiger partial charge in [0.2, 0.25) is 0 Å². The van der Waals surface area contributed by atoms with E-state index in [-0.39, 0.29) is 11.4 Å². The smallest absolute Gasteiger partial charge is 0.176 e. The summed E-state index contributed by atoms with van der Waals surface area (Å²) in [5.41, 5.74) is 3.62. The summed E-state index contributed by atoms with van der Waals surface area (Å²) in [5, 5.41) is 20.2. The molecule has 2 aromatic carbocycles. The van der Waals surface area contributed by atoms with Gasteiger partial charge in [0.1, 0.15) is 23.6 Å². The van der Waals surface area contributed by atoms with Crippen LogP contribution < -0.4 is 19.3 Å². The molecule has 0 aromatic heterocycles. The Morgan fingerprint density at radius 2 is 0.904 bits per heavy atom. The van der Waals surface area contributed by atoms with Crippen molar-refractivity contribution in [3.8, 4) is 23.6 Å². The number of benzene rings is 2. The second-order valence-electron chi connectivity index (χ2n) is 13.4. The fraction of sp³-hybridized carbons (Fsp3) is 0.591. The number of unbranched alkanes of at least 4 members (excludes halogenated alkanes) is 8. The van der Waals surface area contributed by atoms with Crippen LogP contribution in [0.4, 0.5) is 11.4 Å². The van der Waals surface area contributed by atoms with Crippen molar-refractivity contribution in [1.29, 1.82) is 10.5 Å². The molecule has 0 fully saturated rings. The van der Waals surface area contributed by atoms with Gasteiger partial charge in [-0.1, -0.05) is 92.9 Å². The highest BCUT2D eigenvalue weighted by Gasteiger charge is 2.13. The number of nitrogens with zero attached hydrogens (tertiary/aromatic N) is 6. The minimum Gasteiger partial charge on any atom is -0.493 e. The molecule has 2 aromatic rings. The zero-order chi connectivity index (χ0) is 37.8. The molecule has 0 saturated carbocycles. The van der Waals surface area contributed by atoms with Crippen molar-refractivity contribution in [2.45, 2.75) is 131 Å². The molecule has 52 heavy (non-hydrogen) atoms. The van der Waals surface area contributed by atoms with E-state index in [0.717, 1.165) is 112 Å². The highest BCUT2D eigenvalue weighted by atomic mass is 16.5. The number of allylic oxidation sites excluding steroid dienone is 2. The van der Waals surface area contributed by atoms with Crippen molar-refractivity contribution in [2.75, 3.05) is 49.2 Å². The normalized spacial score (nSPS) is 11.8. The molecular formula is C44H66N6O2. The Labute approximate surface area is 316 Å². The summed E-state index contributed by atoms with van der Waals surface area (Å²) in [6, 6.07) is 16.5. The zero-order valence-corrected chi connectivity index (χ0v) is 33.3. The summed E-state index contributed by atoms with van der Waals surface area (Å²) in [4.78, 5) is 13.7. The van der Waals surface area contributed by atoms with Crippen LogP contribution >= 0.6 is 0 Å². The summed E-state index contributed by atoms with van der Waals surface area (Å²) in [6.45, 7) is 18.3. The summed E-state index contributed by atoms with van der Waals surface area (Å²) in [5.74, 6) is 1.45. The Bertz CT molecular complexity index is 1350. The third-order valence-electron chi connectivity index (χ3n) is 8.81. The van der Waals surface area contributed by atoms with Gasteiger partial charge >= 0.3 is 0 Å². The van der Waals surface area contributed by atoms with Gasteiger partial charge in [-0.15, -0.1) is 0 Å². The van der Waals surface area contributed by atoms with Crippen LogP contribution in [-0.2, 0) is 0 Å². The van der Waals surface area contributed by atoms with Gasteiger partial charge in [0.15, 0.2) is 11.4 Å². The van der Waals surface area contributed by atoms with Gasteiger partial charge in [0.25, 0.3) is 0 Å². The predicted octanol–water partition coefficient (Wildman–Crippen LogP) is 11.4. The van der Waals surface area contributed by atoms with Crippen LogP contribution in [0, 0.1) is 22.7 Å². The highest BCUT2D eigenvalue weighted by Crippen LogP contribution is 2.28. The number of nitriles is 2. The first-order chi connectivity index (χ1) is 25.5. The average molecular weight is 711 g/mol. The maximum Gasteiger partial charge on any atom is 0.176 e. The topological polar surface area (TPSA) is 97.2 Å². The number of aliphatic imine (C=N–C) groups is 2. The standard InChI is InChI=1S/C44H66N6O2/c1-7-13-15-17-19-29-51-43-31-39(49(25-9-3)26-10-4)23-21-37(43)35-47-41(33-45)42(34-46)48-36-38-22-24-40(50(27-11-5)28-12-6)32-44(38)52-30-20-18-16-14-8-2/h21-24,31-32,35-36H,7-20,25-30H2,1-6H3/b42-41+,47-35?,48-36?. The minimum absolute atomic E-state index is 0.0565. The van der Waals surface area contributed by atoms with Crippen molar-refractivity contribution in [3.05, 3.63) is 58.9 Å². The van der Waals surface area contributed by atoms with Crippen molar-refractivity contribution in [1.82, 2.24) is 0 Å². The van der Waals surface area contributed by atoms with E-state index in [9.17, 15) is 10.5 Å². The van der Waals surface area contributed by atoms with Crippen LogP contribution in [0.3, 0.4) is 0 Å². The molecule has 284 valence electrons. The van der Waals surface area contributed by atoms with Crippen LogP contribution in [-0.4, -0.2) is 51.8 Å². The zero-order valence-electron chi connectivity index (χ0n) is 33.3. The molecule has 0 aliphatic carbocycles. The molecule has 0 aliphatic heterocycles. The quantitative estimate of drug-likeness (QED) is 0.0495. The Morgan fingerprint density at radius 1 is 0.538 bits per heavy atom. The van der Waals surface area contributed by atoms with Crippen LogP contribution in [0.25, 0.3) is 0 Å². The van der Waals surface area contributed by atoms with Crippen molar-refractivity contribution >= 4 is 23.8 Å². The lowest BCUT2D eigenvalue weighted by Crippen LogP contribution is -2.24. The maximum absolute atomic E-state index is 10.1. The van der Waals surface area contributed by atoms with E-state index in [4.69, 9.17) is 9.47 Å². The first-order valence-corrected chi connectivity index (χ1v) is 20.2. The summed E-state index contributed by atoms with van der Waals surface area (Å²) in [7, 11) is 0. The molecule has 0 atom stereocenters. The molecule has 0 N–H and O–H groups in total. The van der Waals surface area contributed by atoms with Crippen molar-refractivity contribution < 1.29 is 9.47 Å². The third-order valence-corrected chi connectivity index (χ3v) is 8.81. The van der Waals surface area contributed by atoms with Gasteiger partial charge < -0.3 is 19.3 Å². The minimum atomic E-state index is -0.0565. The largest absolute Gasteiger partial charge is 0.493 e. The van der Waals surface area contributed by atoms with Gasteiger partial charge in [-0.25, -0.2) is 9.98 Å². The SMILES string of the molecule is CCCCCCCOc1cc(N(CCC)CCC)ccc1C=N/C(C#N)=C(\C#N)N=Cc1ccc(N(CCC)CCC)cc1OCCCCCCC. The molecule has 0 aliphatic rings. The molecule has 0 spiro atoms. The second kappa shape index (κ2) is 27.4. The molecule has 0 radical (unpaired) electrons. The molecule has 0 bridgehead atoms. The van der Waals surface area contributed by atoms with E-state index in [1.165, 1.54) is 38.5 Å². The Kier molecular flexibility index (Phi) is 23.1. The molecule has 0 unspecified atom stereocenters. The van der Waals surface area contributed by atoms with Gasteiger partial charge in [-0.2, -0.15) is 10.5 Å². The van der Waals surface area contributed by atoms with Crippen molar-refractivity contribution in [3.63, 3.8) is 0 Å². The molecule has 8 heteroatoms. The lowest BCUT2D eigenvalue weighted by atomic mass is 10.1. The van der Waals surface area contributed by atoms with Crippen LogP contribution in [0.1, 0.15) is 143 Å². The number of ether oxygens (including phenoxy) is 2. The number of rotatable bonds is 28. The fourth-order valence-electron chi connectivity index (χ4n) is 6.05. The Morgan fingerprint density at radius 3 is 1.23 bits per heavy atom. The molecule has 0 heterocycles. The van der Waals surface area contributed by atoms with Gasteiger partial charge in [0, 0.05) is 73.2 Å². The van der Waals surface area contributed by atoms with E-state index in [1.807, 2.05) is 12.1 Å². The first kappa shape index (κ1) is 43.9. The van der Waals surface area contributed by atoms with Crippen LogP contribution in [0.2, 0.25) is 0 Å². The van der Waals surface area contributed by atoms with E-state index < -0.39 is 0 Å². The van der Waals surface area contributed by atoms with Crippen LogP contribution in [0.5, 0.6) is 11.5 Å².